The van der Waals surface area contributed by atoms with Gasteiger partial charge < -0.3 is 4.42 Å². The standard InChI is InChI=1S/C12H13ClO3S/c1-8(2)17(14,15)7-11-5-9-3-4-10(13)6-12(9)16-11/h3-6,8H,7H2,1-2H3. The lowest BCUT2D eigenvalue weighted by molar-refractivity contribution is 0.550. The molecule has 0 fully saturated rings. The Morgan fingerprint density at radius 3 is 2.65 bits per heavy atom. The molecule has 0 aliphatic carbocycles. The Balaban J connectivity index is 2.38. The molecule has 5 heteroatoms. The first-order valence-electron chi connectivity index (χ1n) is 5.28. The van der Waals surface area contributed by atoms with Crippen LogP contribution in [0.25, 0.3) is 11.0 Å². The third kappa shape index (κ3) is 2.64. The highest BCUT2D eigenvalue weighted by molar-refractivity contribution is 7.91. The Labute approximate surface area is 105 Å². The molecule has 0 atom stereocenters. The summed E-state index contributed by atoms with van der Waals surface area (Å²) in [6.45, 7) is 3.32. The van der Waals surface area contributed by atoms with Crippen LogP contribution in [0, 0.1) is 0 Å². The molecule has 0 spiro atoms. The minimum Gasteiger partial charge on any atom is -0.460 e. The first-order chi connectivity index (χ1) is 7.88. The number of sulfone groups is 1. The lowest BCUT2D eigenvalue weighted by Gasteiger charge is -2.04. The van der Waals surface area contributed by atoms with Gasteiger partial charge in [-0.05, 0) is 32.0 Å². The predicted octanol–water partition coefficient (Wildman–Crippen LogP) is 3.41. The van der Waals surface area contributed by atoms with Crippen molar-refractivity contribution in [2.75, 3.05) is 0 Å². The Morgan fingerprint density at radius 1 is 1.29 bits per heavy atom. The summed E-state index contributed by atoms with van der Waals surface area (Å²) >= 11 is 5.83. The number of hydrogen-bond donors (Lipinski definition) is 0. The summed E-state index contributed by atoms with van der Waals surface area (Å²) < 4.78 is 29.0. The molecule has 0 aliphatic rings. The molecule has 0 radical (unpaired) electrons. The van der Waals surface area contributed by atoms with Gasteiger partial charge in [-0.3, -0.25) is 0 Å². The second-order valence-corrected chi connectivity index (χ2v) is 7.24. The molecule has 0 N–H and O–H groups in total. The van der Waals surface area contributed by atoms with Gasteiger partial charge in [0.1, 0.15) is 17.1 Å². The monoisotopic (exact) mass is 272 g/mol. The van der Waals surface area contributed by atoms with E-state index in [9.17, 15) is 8.42 Å². The third-order valence-electron chi connectivity index (χ3n) is 2.59. The third-order valence-corrected chi connectivity index (χ3v) is 4.95. The van der Waals surface area contributed by atoms with E-state index >= 15 is 0 Å². The minimum absolute atomic E-state index is 0.0725. The summed E-state index contributed by atoms with van der Waals surface area (Å²) in [5.74, 6) is 0.382. The van der Waals surface area contributed by atoms with Crippen LogP contribution in [0.5, 0.6) is 0 Å². The number of hydrogen-bond acceptors (Lipinski definition) is 3. The summed E-state index contributed by atoms with van der Waals surface area (Å²) in [5.41, 5.74) is 0.617. The highest BCUT2D eigenvalue weighted by Gasteiger charge is 2.19. The maximum Gasteiger partial charge on any atom is 0.159 e. The van der Waals surface area contributed by atoms with Gasteiger partial charge in [0.2, 0.25) is 0 Å². The molecule has 17 heavy (non-hydrogen) atoms. The van der Waals surface area contributed by atoms with Crippen molar-refractivity contribution in [3.8, 4) is 0 Å². The lowest BCUT2D eigenvalue weighted by atomic mass is 10.2. The molecule has 92 valence electrons. The highest BCUT2D eigenvalue weighted by atomic mass is 35.5. The van der Waals surface area contributed by atoms with E-state index in [1.54, 1.807) is 32.0 Å². The van der Waals surface area contributed by atoms with Crippen LogP contribution >= 0.6 is 11.6 Å². The van der Waals surface area contributed by atoms with E-state index in [2.05, 4.69) is 0 Å². The molecule has 2 rings (SSSR count). The molecule has 0 saturated carbocycles. The molecule has 0 bridgehead atoms. The second-order valence-electron chi connectivity index (χ2n) is 4.25. The molecule has 0 unspecified atom stereocenters. The lowest BCUT2D eigenvalue weighted by Crippen LogP contribution is -2.15. The molecular weight excluding hydrogens is 260 g/mol. The second kappa shape index (κ2) is 4.35. The normalized spacial score (nSPS) is 12.5. The van der Waals surface area contributed by atoms with Crippen molar-refractivity contribution in [2.24, 2.45) is 0 Å². The Bertz CT molecular complexity index is 641. The Kier molecular flexibility index (Phi) is 3.19. The summed E-state index contributed by atoms with van der Waals surface area (Å²) in [6, 6.07) is 6.99. The highest BCUT2D eigenvalue weighted by Crippen LogP contribution is 2.24. The molecule has 1 heterocycles. The summed E-state index contributed by atoms with van der Waals surface area (Å²) in [6.07, 6.45) is 0. The topological polar surface area (TPSA) is 47.3 Å². The average molecular weight is 273 g/mol. The molecule has 1 aromatic heterocycles. The molecule has 2 aromatic rings. The first-order valence-corrected chi connectivity index (χ1v) is 7.37. The van der Waals surface area contributed by atoms with E-state index in [0.29, 0.717) is 16.4 Å². The van der Waals surface area contributed by atoms with Gasteiger partial charge in [0, 0.05) is 16.5 Å². The van der Waals surface area contributed by atoms with Gasteiger partial charge in [-0.15, -0.1) is 0 Å². The molecular formula is C12H13ClO3S. The molecule has 1 aromatic carbocycles. The van der Waals surface area contributed by atoms with Crippen LogP contribution in [0.2, 0.25) is 5.02 Å². The van der Waals surface area contributed by atoms with Crippen molar-refractivity contribution >= 4 is 32.4 Å². The smallest absolute Gasteiger partial charge is 0.159 e. The van der Waals surface area contributed by atoms with Crippen LogP contribution < -0.4 is 0 Å². The quantitative estimate of drug-likeness (QED) is 0.860. The number of fused-ring (bicyclic) bond motifs is 1. The van der Waals surface area contributed by atoms with Gasteiger partial charge >= 0.3 is 0 Å². The fraction of sp³-hybridized carbons (Fsp3) is 0.333. The maximum atomic E-state index is 11.8. The van der Waals surface area contributed by atoms with Crippen molar-refractivity contribution in [1.29, 1.82) is 0 Å². The van der Waals surface area contributed by atoms with E-state index in [4.69, 9.17) is 16.0 Å². The molecule has 0 aliphatic heterocycles. The van der Waals surface area contributed by atoms with Gasteiger partial charge in [-0.25, -0.2) is 8.42 Å². The number of rotatable bonds is 3. The van der Waals surface area contributed by atoms with Gasteiger partial charge in [-0.2, -0.15) is 0 Å². The van der Waals surface area contributed by atoms with Crippen molar-refractivity contribution < 1.29 is 12.8 Å². The van der Waals surface area contributed by atoms with E-state index in [1.807, 2.05) is 6.07 Å². The number of halogens is 1. The van der Waals surface area contributed by atoms with E-state index in [1.165, 1.54) is 0 Å². The van der Waals surface area contributed by atoms with E-state index in [-0.39, 0.29) is 5.75 Å². The summed E-state index contributed by atoms with van der Waals surface area (Å²) in [7, 11) is -3.14. The molecule has 3 nitrogen and oxygen atoms in total. The zero-order valence-electron chi connectivity index (χ0n) is 9.60. The fourth-order valence-corrected chi connectivity index (χ4v) is 2.53. The largest absolute Gasteiger partial charge is 0.460 e. The van der Waals surface area contributed by atoms with Crippen LogP contribution in [-0.2, 0) is 15.6 Å². The van der Waals surface area contributed by atoms with Gasteiger partial charge in [0.15, 0.2) is 9.84 Å². The Morgan fingerprint density at radius 2 is 2.00 bits per heavy atom. The van der Waals surface area contributed by atoms with Gasteiger partial charge in [0.05, 0.1) is 5.25 Å². The average Bonchev–Trinajstić information content (AvgIpc) is 2.57. The fourth-order valence-electron chi connectivity index (χ4n) is 1.50. The van der Waals surface area contributed by atoms with Gasteiger partial charge in [0.25, 0.3) is 0 Å². The van der Waals surface area contributed by atoms with Crippen molar-refractivity contribution in [3.63, 3.8) is 0 Å². The number of benzene rings is 1. The summed E-state index contributed by atoms with van der Waals surface area (Å²) in [4.78, 5) is 0. The van der Waals surface area contributed by atoms with Crippen LogP contribution in [0.4, 0.5) is 0 Å². The van der Waals surface area contributed by atoms with Crippen LogP contribution in [0.1, 0.15) is 19.6 Å². The molecule has 0 saturated heterocycles. The van der Waals surface area contributed by atoms with Crippen LogP contribution in [0.3, 0.4) is 0 Å². The van der Waals surface area contributed by atoms with Crippen molar-refractivity contribution in [1.82, 2.24) is 0 Å². The van der Waals surface area contributed by atoms with Crippen molar-refractivity contribution in [3.05, 3.63) is 35.0 Å². The van der Waals surface area contributed by atoms with Crippen molar-refractivity contribution in [2.45, 2.75) is 24.9 Å². The number of furan rings is 1. The zero-order valence-corrected chi connectivity index (χ0v) is 11.2. The Hall–Kier alpha value is -1.00. The van der Waals surface area contributed by atoms with E-state index < -0.39 is 15.1 Å². The maximum absolute atomic E-state index is 11.8. The first kappa shape index (κ1) is 12.5. The minimum atomic E-state index is -3.14. The zero-order chi connectivity index (χ0) is 12.6. The van der Waals surface area contributed by atoms with Crippen LogP contribution in [-0.4, -0.2) is 13.7 Å². The van der Waals surface area contributed by atoms with E-state index in [0.717, 1.165) is 5.39 Å². The van der Waals surface area contributed by atoms with Gasteiger partial charge in [-0.1, -0.05) is 11.6 Å². The summed E-state index contributed by atoms with van der Waals surface area (Å²) in [5, 5.41) is 1.03. The SMILES string of the molecule is CC(C)S(=O)(=O)Cc1cc2ccc(Cl)cc2o1. The predicted molar refractivity (Wildman–Crippen MR) is 69.0 cm³/mol. The van der Waals surface area contributed by atoms with Crippen LogP contribution in [0.15, 0.2) is 28.7 Å². The molecule has 0 amide bonds.